The van der Waals surface area contributed by atoms with Gasteiger partial charge in [-0.1, -0.05) is 64.3 Å². The number of nitriles is 1. The summed E-state index contributed by atoms with van der Waals surface area (Å²) in [6.45, 7) is 6.77. The summed E-state index contributed by atoms with van der Waals surface area (Å²) in [5, 5.41) is 9.08. The minimum Gasteiger partial charge on any atom is -0.198 e. The Kier molecular flexibility index (Phi) is 4.86. The van der Waals surface area contributed by atoms with Crippen molar-refractivity contribution in [2.75, 3.05) is 0 Å². The molecule has 2 unspecified atom stereocenters. The topological polar surface area (TPSA) is 23.8 Å². The van der Waals surface area contributed by atoms with Crippen LogP contribution < -0.4 is 0 Å². The number of nitrogens with zero attached hydrogens (tertiary/aromatic N) is 1. The van der Waals surface area contributed by atoms with Gasteiger partial charge in [0.15, 0.2) is 0 Å². The quantitative estimate of drug-likeness (QED) is 0.645. The average Bonchev–Trinajstić information content (AvgIpc) is 2.64. The van der Waals surface area contributed by atoms with Crippen molar-refractivity contribution in [3.05, 3.63) is 35.4 Å². The minimum absolute atomic E-state index is 0.216. The molecule has 2 rings (SSSR count). The molecule has 1 aliphatic carbocycles. The van der Waals surface area contributed by atoms with Crippen LogP contribution in [0.25, 0.3) is 0 Å². The van der Waals surface area contributed by atoms with E-state index in [0.717, 1.165) is 0 Å². The maximum Gasteiger partial charge on any atom is 0.0624 e. The highest BCUT2D eigenvalue weighted by Crippen LogP contribution is 2.38. The Bertz CT molecular complexity index is 458. The van der Waals surface area contributed by atoms with Gasteiger partial charge in [-0.25, -0.2) is 0 Å². The first-order chi connectivity index (χ1) is 9.52. The second kappa shape index (κ2) is 6.44. The van der Waals surface area contributed by atoms with Crippen LogP contribution in [0.15, 0.2) is 24.3 Å². The van der Waals surface area contributed by atoms with Crippen LogP contribution in [0.5, 0.6) is 0 Å². The van der Waals surface area contributed by atoms with Crippen molar-refractivity contribution >= 4 is 0 Å². The zero-order valence-corrected chi connectivity index (χ0v) is 13.2. The van der Waals surface area contributed by atoms with Crippen LogP contribution in [-0.2, 0) is 5.41 Å². The lowest BCUT2D eigenvalue weighted by atomic mass is 9.79. The molecule has 0 saturated heterocycles. The lowest BCUT2D eigenvalue weighted by molar-refractivity contribution is 0.406. The maximum absolute atomic E-state index is 9.08. The van der Waals surface area contributed by atoms with Crippen molar-refractivity contribution in [1.29, 1.82) is 5.26 Å². The molecule has 0 aromatic heterocycles. The molecular formula is C19H27N. The predicted octanol–water partition coefficient (Wildman–Crippen LogP) is 5.56. The maximum atomic E-state index is 9.08. The number of rotatable bonds is 2. The van der Waals surface area contributed by atoms with E-state index in [2.05, 4.69) is 51.1 Å². The van der Waals surface area contributed by atoms with E-state index in [4.69, 9.17) is 5.26 Å². The van der Waals surface area contributed by atoms with E-state index in [-0.39, 0.29) is 5.41 Å². The first kappa shape index (κ1) is 15.1. The standard InChI is InChI=1S/C19H27N/c1-19(2,3)17-11-9-16(10-12-17)18-8-6-4-5-7-15(18)13-14-20/h9-12,15,18H,4-8,13H2,1-3H3. The van der Waals surface area contributed by atoms with E-state index in [9.17, 15) is 0 Å². The van der Waals surface area contributed by atoms with Crippen molar-refractivity contribution in [3.8, 4) is 6.07 Å². The highest BCUT2D eigenvalue weighted by molar-refractivity contribution is 5.30. The van der Waals surface area contributed by atoms with Crippen LogP contribution in [0.3, 0.4) is 0 Å². The fraction of sp³-hybridized carbons (Fsp3) is 0.632. The fourth-order valence-corrected chi connectivity index (χ4v) is 3.42. The van der Waals surface area contributed by atoms with Gasteiger partial charge in [-0.2, -0.15) is 5.26 Å². The van der Waals surface area contributed by atoms with Gasteiger partial charge in [-0.05, 0) is 41.2 Å². The van der Waals surface area contributed by atoms with Crippen molar-refractivity contribution < 1.29 is 0 Å². The van der Waals surface area contributed by atoms with Crippen LogP contribution in [0.1, 0.15) is 76.3 Å². The Morgan fingerprint density at radius 2 is 1.70 bits per heavy atom. The SMILES string of the molecule is CC(C)(C)c1ccc(C2CCCCCC2CC#N)cc1. The number of benzene rings is 1. The largest absolute Gasteiger partial charge is 0.198 e. The van der Waals surface area contributed by atoms with E-state index in [0.29, 0.717) is 18.3 Å². The molecule has 0 aliphatic heterocycles. The average molecular weight is 269 g/mol. The molecule has 1 aromatic rings. The van der Waals surface area contributed by atoms with Gasteiger partial charge in [-0.15, -0.1) is 0 Å². The molecule has 1 aromatic carbocycles. The summed E-state index contributed by atoms with van der Waals surface area (Å²) in [5.74, 6) is 1.15. The van der Waals surface area contributed by atoms with Crippen LogP contribution in [-0.4, -0.2) is 0 Å². The predicted molar refractivity (Wildman–Crippen MR) is 84.7 cm³/mol. The zero-order valence-electron chi connectivity index (χ0n) is 13.2. The zero-order chi connectivity index (χ0) is 14.6. The summed E-state index contributed by atoms with van der Waals surface area (Å²) in [4.78, 5) is 0. The fourth-order valence-electron chi connectivity index (χ4n) is 3.42. The van der Waals surface area contributed by atoms with Crippen molar-refractivity contribution in [2.24, 2.45) is 5.92 Å². The summed E-state index contributed by atoms with van der Waals surface area (Å²) in [6.07, 6.45) is 7.13. The van der Waals surface area contributed by atoms with E-state index in [1.54, 1.807) is 0 Å². The van der Waals surface area contributed by atoms with Gasteiger partial charge in [0, 0.05) is 6.42 Å². The van der Waals surface area contributed by atoms with Gasteiger partial charge < -0.3 is 0 Å². The molecule has 108 valence electrons. The molecule has 0 bridgehead atoms. The Balaban J connectivity index is 2.21. The lowest BCUT2D eigenvalue weighted by Crippen LogP contribution is -2.13. The second-order valence-corrected chi connectivity index (χ2v) is 7.24. The van der Waals surface area contributed by atoms with Gasteiger partial charge in [0.05, 0.1) is 6.07 Å². The normalized spacial score (nSPS) is 23.9. The molecule has 0 N–H and O–H groups in total. The van der Waals surface area contributed by atoms with Crippen molar-refractivity contribution in [3.63, 3.8) is 0 Å². The first-order valence-corrected chi connectivity index (χ1v) is 8.00. The summed E-state index contributed by atoms with van der Waals surface area (Å²) in [7, 11) is 0. The molecule has 0 spiro atoms. The van der Waals surface area contributed by atoms with E-state index in [1.165, 1.54) is 43.2 Å². The second-order valence-electron chi connectivity index (χ2n) is 7.24. The minimum atomic E-state index is 0.216. The summed E-state index contributed by atoms with van der Waals surface area (Å²) < 4.78 is 0. The Labute approximate surface area is 124 Å². The molecule has 0 radical (unpaired) electrons. The Morgan fingerprint density at radius 1 is 1.05 bits per heavy atom. The molecule has 0 amide bonds. The third kappa shape index (κ3) is 3.63. The Morgan fingerprint density at radius 3 is 2.30 bits per heavy atom. The van der Waals surface area contributed by atoms with Gasteiger partial charge in [0.1, 0.15) is 0 Å². The van der Waals surface area contributed by atoms with E-state index >= 15 is 0 Å². The van der Waals surface area contributed by atoms with Crippen LogP contribution in [0.2, 0.25) is 0 Å². The highest BCUT2D eigenvalue weighted by Gasteiger charge is 2.25. The molecule has 1 fully saturated rings. The molecule has 0 heterocycles. The highest BCUT2D eigenvalue weighted by atomic mass is 14.3. The van der Waals surface area contributed by atoms with Crippen LogP contribution in [0, 0.1) is 17.2 Å². The van der Waals surface area contributed by atoms with Crippen LogP contribution >= 0.6 is 0 Å². The molecule has 20 heavy (non-hydrogen) atoms. The molecular weight excluding hydrogens is 242 g/mol. The van der Waals surface area contributed by atoms with Gasteiger partial charge in [0.25, 0.3) is 0 Å². The Hall–Kier alpha value is -1.29. The lowest BCUT2D eigenvalue weighted by Gasteiger charge is -2.25. The van der Waals surface area contributed by atoms with E-state index in [1.807, 2.05) is 0 Å². The van der Waals surface area contributed by atoms with E-state index < -0.39 is 0 Å². The summed E-state index contributed by atoms with van der Waals surface area (Å²) in [5.41, 5.74) is 3.06. The summed E-state index contributed by atoms with van der Waals surface area (Å²) >= 11 is 0. The van der Waals surface area contributed by atoms with Crippen molar-refractivity contribution in [1.82, 2.24) is 0 Å². The molecule has 1 saturated carbocycles. The number of hydrogen-bond donors (Lipinski definition) is 0. The van der Waals surface area contributed by atoms with Gasteiger partial charge >= 0.3 is 0 Å². The third-order valence-corrected chi connectivity index (χ3v) is 4.72. The number of hydrogen-bond acceptors (Lipinski definition) is 1. The third-order valence-electron chi connectivity index (χ3n) is 4.72. The first-order valence-electron chi connectivity index (χ1n) is 8.00. The summed E-state index contributed by atoms with van der Waals surface area (Å²) in [6, 6.07) is 11.6. The molecule has 1 aliphatic rings. The molecule has 1 heteroatoms. The smallest absolute Gasteiger partial charge is 0.0624 e. The molecule has 2 atom stereocenters. The monoisotopic (exact) mass is 269 g/mol. The molecule has 1 nitrogen and oxygen atoms in total. The van der Waals surface area contributed by atoms with Gasteiger partial charge in [-0.3, -0.25) is 0 Å². The van der Waals surface area contributed by atoms with Crippen molar-refractivity contribution in [2.45, 2.75) is 70.6 Å². The van der Waals surface area contributed by atoms with Gasteiger partial charge in [0.2, 0.25) is 0 Å². The van der Waals surface area contributed by atoms with Crippen LogP contribution in [0.4, 0.5) is 0 Å².